The van der Waals surface area contributed by atoms with Crippen molar-refractivity contribution in [3.05, 3.63) is 75.3 Å². The van der Waals surface area contributed by atoms with Crippen LogP contribution in [0.15, 0.2) is 64.2 Å². The van der Waals surface area contributed by atoms with E-state index in [-0.39, 0.29) is 22.4 Å². The number of allylic oxidation sites excluding steroid dienone is 1. The molecule has 0 radical (unpaired) electrons. The highest BCUT2D eigenvalue weighted by Crippen LogP contribution is 2.41. The van der Waals surface area contributed by atoms with Gasteiger partial charge in [-0.1, -0.05) is 47.6 Å². The van der Waals surface area contributed by atoms with Crippen molar-refractivity contribution in [1.82, 2.24) is 10.2 Å². The first kappa shape index (κ1) is 20.3. The molecule has 2 heterocycles. The topological polar surface area (TPSA) is 99.1 Å². The number of carbonyl (C=O) groups excluding carboxylic acids is 1. The molecule has 7 nitrogen and oxygen atoms in total. The zero-order chi connectivity index (χ0) is 21.1. The Kier molecular flexibility index (Phi) is 5.93. The summed E-state index contributed by atoms with van der Waals surface area (Å²) in [4.78, 5) is 23.0. The van der Waals surface area contributed by atoms with Gasteiger partial charge in [0.05, 0.1) is 15.7 Å². The number of halogens is 1. The van der Waals surface area contributed by atoms with Gasteiger partial charge in [-0.25, -0.2) is 0 Å². The summed E-state index contributed by atoms with van der Waals surface area (Å²) in [5.74, 6) is 0.279. The molecular formula is C20H12ClN3O4S2. The summed E-state index contributed by atoms with van der Waals surface area (Å²) in [7, 11) is 0. The maximum absolute atomic E-state index is 12.1. The number of nitrogens with zero attached hydrogens (tertiary/aromatic N) is 3. The lowest BCUT2D eigenvalue weighted by atomic mass is 10.2. The molecule has 0 aliphatic carbocycles. The summed E-state index contributed by atoms with van der Waals surface area (Å²) < 4.78 is 6.68. The largest absolute Gasteiger partial charge is 0.410 e. The average molecular weight is 458 g/mol. The van der Waals surface area contributed by atoms with E-state index in [9.17, 15) is 14.9 Å². The Morgan fingerprint density at radius 1 is 1.20 bits per heavy atom. The third-order valence-electron chi connectivity index (χ3n) is 4.04. The summed E-state index contributed by atoms with van der Waals surface area (Å²) in [6.07, 6.45) is 3.01. The second-order valence-corrected chi connectivity index (χ2v) is 8.41. The number of carbonyl (C=O) groups is 1. The molecule has 0 N–H and O–H groups in total. The zero-order valence-corrected chi connectivity index (χ0v) is 17.5. The van der Waals surface area contributed by atoms with Gasteiger partial charge in [0.2, 0.25) is 0 Å². The van der Waals surface area contributed by atoms with Gasteiger partial charge in [-0.05, 0) is 29.8 Å². The van der Waals surface area contributed by atoms with Crippen LogP contribution in [0.25, 0.3) is 26.9 Å². The van der Waals surface area contributed by atoms with Gasteiger partial charge in [-0.15, -0.1) is 21.5 Å². The lowest BCUT2D eigenvalue weighted by Crippen LogP contribution is -1.96. The Hall–Kier alpha value is -3.01. The number of thiophene rings is 1. The number of ketones is 1. The number of rotatable bonds is 7. The van der Waals surface area contributed by atoms with Crippen LogP contribution in [-0.2, 0) is 4.79 Å². The number of thioether (sulfide) groups is 1. The van der Waals surface area contributed by atoms with Gasteiger partial charge in [0.25, 0.3) is 16.8 Å². The molecule has 0 unspecified atom stereocenters. The van der Waals surface area contributed by atoms with E-state index in [1.807, 2.05) is 24.3 Å². The molecule has 150 valence electrons. The van der Waals surface area contributed by atoms with Gasteiger partial charge < -0.3 is 4.42 Å². The minimum atomic E-state index is -0.472. The number of nitro groups is 1. The van der Waals surface area contributed by atoms with Crippen LogP contribution in [0, 0.1) is 10.1 Å². The summed E-state index contributed by atoms with van der Waals surface area (Å²) in [6.45, 7) is 0. The minimum absolute atomic E-state index is 0.0000275. The quantitative estimate of drug-likeness (QED) is 0.148. The number of non-ortho nitro benzene ring substituents is 1. The van der Waals surface area contributed by atoms with Gasteiger partial charge in [0.15, 0.2) is 5.78 Å². The monoisotopic (exact) mass is 457 g/mol. The first-order valence-electron chi connectivity index (χ1n) is 8.60. The molecule has 2 aromatic carbocycles. The Bertz CT molecular complexity index is 1260. The fourth-order valence-electron chi connectivity index (χ4n) is 2.59. The van der Waals surface area contributed by atoms with Gasteiger partial charge in [0.1, 0.15) is 4.88 Å². The predicted molar refractivity (Wildman–Crippen MR) is 118 cm³/mol. The molecule has 0 aliphatic rings. The van der Waals surface area contributed by atoms with Crippen LogP contribution in [0.5, 0.6) is 0 Å². The lowest BCUT2D eigenvalue weighted by molar-refractivity contribution is -0.384. The van der Waals surface area contributed by atoms with Gasteiger partial charge in [-0.3, -0.25) is 14.9 Å². The van der Waals surface area contributed by atoms with Crippen LogP contribution in [0.3, 0.4) is 0 Å². The highest BCUT2D eigenvalue weighted by molar-refractivity contribution is 7.99. The van der Waals surface area contributed by atoms with Crippen molar-refractivity contribution in [2.75, 3.05) is 5.75 Å². The Morgan fingerprint density at radius 2 is 1.97 bits per heavy atom. The number of hydrogen-bond acceptors (Lipinski definition) is 8. The third-order valence-corrected chi connectivity index (χ3v) is 6.54. The van der Waals surface area contributed by atoms with E-state index in [1.165, 1.54) is 29.5 Å². The Labute approximate surface area is 183 Å². The maximum Gasteiger partial charge on any atom is 0.277 e. The second-order valence-electron chi connectivity index (χ2n) is 6.05. The summed E-state index contributed by atoms with van der Waals surface area (Å²) in [5.41, 5.74) is 0.693. The Balaban J connectivity index is 1.38. The van der Waals surface area contributed by atoms with Gasteiger partial charge >= 0.3 is 0 Å². The van der Waals surface area contributed by atoms with Crippen molar-refractivity contribution in [1.29, 1.82) is 0 Å². The highest BCUT2D eigenvalue weighted by atomic mass is 35.5. The van der Waals surface area contributed by atoms with Crippen molar-refractivity contribution in [2.45, 2.75) is 5.22 Å². The predicted octanol–water partition coefficient (Wildman–Crippen LogP) is 5.89. The van der Waals surface area contributed by atoms with Crippen LogP contribution >= 0.6 is 34.7 Å². The SMILES string of the molecule is O=C(/C=C/c1ccc([N+](=O)[O-])cc1)CSc1nnc(-c2sc3ccccc3c2Cl)o1. The fourth-order valence-corrected chi connectivity index (χ4v) is 4.62. The molecular weight excluding hydrogens is 446 g/mol. The molecule has 0 fully saturated rings. The molecule has 0 amide bonds. The fraction of sp³-hybridized carbons (Fsp3) is 0.0500. The van der Waals surface area contributed by atoms with E-state index in [4.69, 9.17) is 16.0 Å². The third kappa shape index (κ3) is 4.43. The van der Waals surface area contributed by atoms with E-state index in [0.29, 0.717) is 21.4 Å². The Morgan fingerprint density at radius 3 is 2.70 bits per heavy atom. The van der Waals surface area contributed by atoms with Crippen molar-refractivity contribution in [3.8, 4) is 10.8 Å². The van der Waals surface area contributed by atoms with Crippen molar-refractivity contribution in [2.24, 2.45) is 0 Å². The molecule has 4 aromatic rings. The van der Waals surface area contributed by atoms with Gasteiger partial charge in [0, 0.05) is 22.2 Å². The number of benzene rings is 2. The number of nitro benzene ring substituents is 1. The van der Waals surface area contributed by atoms with E-state index >= 15 is 0 Å². The lowest BCUT2D eigenvalue weighted by Gasteiger charge is -1.94. The molecule has 10 heteroatoms. The molecule has 0 saturated heterocycles. The smallest absolute Gasteiger partial charge is 0.277 e. The van der Waals surface area contributed by atoms with E-state index in [2.05, 4.69) is 10.2 Å². The average Bonchev–Trinajstić information content (AvgIpc) is 3.36. The molecule has 0 bridgehead atoms. The van der Waals surface area contributed by atoms with Gasteiger partial charge in [-0.2, -0.15) is 0 Å². The first-order chi connectivity index (χ1) is 14.5. The molecule has 30 heavy (non-hydrogen) atoms. The molecule has 2 aromatic heterocycles. The molecule has 0 aliphatic heterocycles. The van der Waals surface area contributed by atoms with Crippen LogP contribution in [0.1, 0.15) is 5.56 Å². The number of aromatic nitrogens is 2. The first-order valence-corrected chi connectivity index (χ1v) is 10.8. The van der Waals surface area contributed by atoms with E-state index in [1.54, 1.807) is 18.2 Å². The van der Waals surface area contributed by atoms with Crippen LogP contribution < -0.4 is 0 Å². The van der Waals surface area contributed by atoms with E-state index < -0.39 is 4.92 Å². The summed E-state index contributed by atoms with van der Waals surface area (Å²) in [5, 5.41) is 20.4. The summed E-state index contributed by atoms with van der Waals surface area (Å²) in [6, 6.07) is 13.7. The standard InChI is InChI=1S/C20H12ClN3O4S2/c21-17-15-3-1-2-4-16(15)30-18(17)19-22-23-20(28-19)29-11-14(25)10-7-12-5-8-13(9-6-12)24(26)27/h1-10H,11H2/b10-7+. The normalized spacial score (nSPS) is 11.4. The zero-order valence-electron chi connectivity index (χ0n) is 15.1. The number of hydrogen-bond donors (Lipinski definition) is 0. The van der Waals surface area contributed by atoms with Crippen LogP contribution in [0.4, 0.5) is 5.69 Å². The molecule has 0 saturated carbocycles. The second kappa shape index (κ2) is 8.78. The molecule has 0 spiro atoms. The van der Waals surface area contributed by atoms with Crippen molar-refractivity contribution in [3.63, 3.8) is 0 Å². The van der Waals surface area contributed by atoms with Crippen molar-refractivity contribution >= 4 is 62.3 Å². The van der Waals surface area contributed by atoms with Crippen molar-refractivity contribution < 1.29 is 14.1 Å². The summed E-state index contributed by atoms with van der Waals surface area (Å²) >= 11 is 9.03. The van der Waals surface area contributed by atoms with Crippen LogP contribution in [0.2, 0.25) is 5.02 Å². The molecule has 0 atom stereocenters. The molecule has 4 rings (SSSR count). The minimum Gasteiger partial charge on any atom is -0.410 e. The highest BCUT2D eigenvalue weighted by Gasteiger charge is 2.18. The number of fused-ring (bicyclic) bond motifs is 1. The van der Waals surface area contributed by atoms with Crippen LogP contribution in [-0.4, -0.2) is 26.7 Å². The maximum atomic E-state index is 12.1. The van der Waals surface area contributed by atoms with E-state index in [0.717, 1.165) is 21.8 Å².